The summed E-state index contributed by atoms with van der Waals surface area (Å²) in [5, 5.41) is 9.54. The van der Waals surface area contributed by atoms with E-state index in [1.165, 1.54) is 11.3 Å². The second-order valence-corrected chi connectivity index (χ2v) is 5.00. The van der Waals surface area contributed by atoms with Crippen molar-refractivity contribution in [3.05, 3.63) is 33.5 Å². The Morgan fingerprint density at radius 1 is 1.50 bits per heavy atom. The Labute approximate surface area is 102 Å². The molecule has 2 aromatic rings. The first-order valence-electron chi connectivity index (χ1n) is 4.51. The van der Waals surface area contributed by atoms with Crippen molar-refractivity contribution in [1.82, 2.24) is 0 Å². The van der Waals surface area contributed by atoms with Gasteiger partial charge in [-0.2, -0.15) is 5.26 Å². The van der Waals surface area contributed by atoms with Gasteiger partial charge in [0.05, 0.1) is 15.7 Å². The first-order chi connectivity index (χ1) is 7.63. The molecule has 0 unspecified atom stereocenters. The number of rotatable bonds is 1. The highest BCUT2D eigenvalue weighted by atomic mass is 32.1. The highest BCUT2D eigenvalue weighted by molar-refractivity contribution is 7.73. The second kappa shape index (κ2) is 4.08. The number of nitrogen functional groups attached to an aromatic ring is 1. The molecule has 2 N–H and O–H groups in total. The molecular weight excluding hydrogens is 240 g/mol. The van der Waals surface area contributed by atoms with Gasteiger partial charge in [-0.15, -0.1) is 11.3 Å². The zero-order valence-corrected chi connectivity index (χ0v) is 10.1. The van der Waals surface area contributed by atoms with Gasteiger partial charge in [-0.1, -0.05) is 12.2 Å². The third-order valence-electron chi connectivity index (χ3n) is 2.25. The number of nitrogens with two attached hydrogens (primary N) is 1. The summed E-state index contributed by atoms with van der Waals surface area (Å²) in [7, 11) is 0. The van der Waals surface area contributed by atoms with E-state index in [2.05, 4.69) is 6.07 Å². The molecule has 5 heteroatoms. The lowest BCUT2D eigenvalue weighted by atomic mass is 10.0. The van der Waals surface area contributed by atoms with Gasteiger partial charge >= 0.3 is 0 Å². The van der Waals surface area contributed by atoms with Gasteiger partial charge in [-0.3, -0.25) is 0 Å². The smallest absolute Gasteiger partial charge is 0.108 e. The van der Waals surface area contributed by atoms with Crippen LogP contribution in [0.5, 0.6) is 0 Å². The van der Waals surface area contributed by atoms with Gasteiger partial charge < -0.3 is 10.2 Å². The summed E-state index contributed by atoms with van der Waals surface area (Å²) in [6, 6.07) is 5.70. The highest BCUT2D eigenvalue weighted by Gasteiger charge is 2.13. The third-order valence-corrected chi connectivity index (χ3v) is 3.36. The Morgan fingerprint density at radius 2 is 2.25 bits per heavy atom. The fraction of sp³-hybridized carbons (Fsp3) is 0.0909. The predicted molar refractivity (Wildman–Crippen MR) is 66.7 cm³/mol. The number of anilines is 1. The quantitative estimate of drug-likeness (QED) is 0.784. The molecule has 80 valence electrons. The summed E-state index contributed by atoms with van der Waals surface area (Å²) in [4.78, 5) is 0. The molecule has 0 saturated carbocycles. The molecule has 0 spiro atoms. The van der Waals surface area contributed by atoms with Crippen molar-refractivity contribution in [1.29, 1.82) is 5.26 Å². The van der Waals surface area contributed by atoms with Crippen LogP contribution in [0.25, 0.3) is 11.1 Å². The topological polar surface area (TPSA) is 62.9 Å². The number of hydrogen-bond donors (Lipinski definition) is 1. The Bertz CT molecular complexity index is 634. The van der Waals surface area contributed by atoms with E-state index >= 15 is 0 Å². The number of nitriles is 1. The number of nitrogens with zero attached hydrogens (tertiary/aromatic N) is 1. The SMILES string of the molecule is Cc1occc1-c1cc(=S)sc(N)c1C#N. The summed E-state index contributed by atoms with van der Waals surface area (Å²) < 4.78 is 5.88. The van der Waals surface area contributed by atoms with E-state index in [4.69, 9.17) is 27.6 Å². The monoisotopic (exact) mass is 248 g/mol. The van der Waals surface area contributed by atoms with Gasteiger partial charge in [-0.25, -0.2) is 0 Å². The summed E-state index contributed by atoms with van der Waals surface area (Å²) in [5.41, 5.74) is 7.86. The van der Waals surface area contributed by atoms with Crippen molar-refractivity contribution in [2.75, 3.05) is 5.73 Å². The van der Waals surface area contributed by atoms with Crippen molar-refractivity contribution in [3.63, 3.8) is 0 Å². The van der Waals surface area contributed by atoms with Crippen LogP contribution in [0.4, 0.5) is 5.00 Å². The Morgan fingerprint density at radius 3 is 2.81 bits per heavy atom. The van der Waals surface area contributed by atoms with Crippen LogP contribution in [0.1, 0.15) is 11.3 Å². The molecule has 0 aliphatic carbocycles. The lowest BCUT2D eigenvalue weighted by molar-refractivity contribution is 0.535. The van der Waals surface area contributed by atoms with Crippen molar-refractivity contribution >= 4 is 28.6 Å². The molecular formula is C11H8N2OS2. The minimum atomic E-state index is 0.450. The van der Waals surface area contributed by atoms with E-state index in [-0.39, 0.29) is 0 Å². The highest BCUT2D eigenvalue weighted by Crippen LogP contribution is 2.32. The van der Waals surface area contributed by atoms with E-state index < -0.39 is 0 Å². The molecule has 0 bridgehead atoms. The Kier molecular flexibility index (Phi) is 2.77. The zero-order valence-electron chi connectivity index (χ0n) is 8.48. The van der Waals surface area contributed by atoms with E-state index in [9.17, 15) is 0 Å². The van der Waals surface area contributed by atoms with Crippen molar-refractivity contribution in [2.45, 2.75) is 6.92 Å². The maximum Gasteiger partial charge on any atom is 0.108 e. The van der Waals surface area contributed by atoms with Gasteiger partial charge in [-0.05, 0) is 19.1 Å². The van der Waals surface area contributed by atoms with Gasteiger partial charge in [0.2, 0.25) is 0 Å². The van der Waals surface area contributed by atoms with Crippen LogP contribution in [0.3, 0.4) is 0 Å². The summed E-state index contributed by atoms with van der Waals surface area (Å²) >= 11 is 6.35. The van der Waals surface area contributed by atoms with Crippen LogP contribution in [0.15, 0.2) is 22.8 Å². The summed E-state index contributed by atoms with van der Waals surface area (Å²) in [6.07, 6.45) is 1.58. The van der Waals surface area contributed by atoms with Gasteiger partial charge in [0, 0.05) is 11.1 Å². The van der Waals surface area contributed by atoms with Crippen molar-refractivity contribution in [3.8, 4) is 17.2 Å². The van der Waals surface area contributed by atoms with Crippen LogP contribution in [-0.4, -0.2) is 0 Å². The van der Waals surface area contributed by atoms with Crippen molar-refractivity contribution < 1.29 is 4.42 Å². The molecule has 0 fully saturated rings. The summed E-state index contributed by atoms with van der Waals surface area (Å²) in [5.74, 6) is 0.751. The number of hydrogen-bond acceptors (Lipinski definition) is 5. The summed E-state index contributed by atoms with van der Waals surface area (Å²) in [6.45, 7) is 1.84. The van der Waals surface area contributed by atoms with Crippen LogP contribution in [0.2, 0.25) is 0 Å². The van der Waals surface area contributed by atoms with E-state index in [0.29, 0.717) is 14.4 Å². The molecule has 2 heterocycles. The van der Waals surface area contributed by atoms with Gasteiger partial charge in [0.25, 0.3) is 0 Å². The second-order valence-electron chi connectivity index (χ2n) is 3.22. The molecule has 0 aliphatic rings. The molecule has 16 heavy (non-hydrogen) atoms. The molecule has 3 nitrogen and oxygen atoms in total. The average molecular weight is 248 g/mol. The largest absolute Gasteiger partial charge is 0.469 e. The lowest BCUT2D eigenvalue weighted by Crippen LogP contribution is -1.91. The maximum atomic E-state index is 9.09. The minimum Gasteiger partial charge on any atom is -0.469 e. The van der Waals surface area contributed by atoms with Crippen LogP contribution in [-0.2, 0) is 0 Å². The molecule has 0 aromatic carbocycles. The average Bonchev–Trinajstić information content (AvgIpc) is 2.63. The minimum absolute atomic E-state index is 0.450. The number of furan rings is 1. The molecule has 0 saturated heterocycles. The Balaban J connectivity index is 2.80. The lowest BCUT2D eigenvalue weighted by Gasteiger charge is -2.04. The first kappa shape index (κ1) is 10.9. The zero-order chi connectivity index (χ0) is 11.7. The van der Waals surface area contributed by atoms with Crippen molar-refractivity contribution in [2.24, 2.45) is 0 Å². The maximum absolute atomic E-state index is 9.09. The normalized spacial score (nSPS) is 10.0. The van der Waals surface area contributed by atoms with Gasteiger partial charge in [0.15, 0.2) is 0 Å². The van der Waals surface area contributed by atoms with Crippen LogP contribution >= 0.6 is 23.6 Å². The van der Waals surface area contributed by atoms with Crippen LogP contribution in [0, 0.1) is 22.1 Å². The van der Waals surface area contributed by atoms with E-state index in [1.54, 1.807) is 12.3 Å². The predicted octanol–water partition coefficient (Wildman–Crippen LogP) is 3.50. The molecule has 0 aliphatic heterocycles. The number of aryl methyl sites for hydroxylation is 1. The fourth-order valence-corrected chi connectivity index (χ4v) is 2.54. The first-order valence-corrected chi connectivity index (χ1v) is 5.74. The third kappa shape index (κ3) is 1.73. The fourth-order valence-electron chi connectivity index (χ4n) is 1.50. The van der Waals surface area contributed by atoms with Gasteiger partial charge in [0.1, 0.15) is 16.8 Å². The van der Waals surface area contributed by atoms with Crippen LogP contribution < -0.4 is 5.73 Å². The standard InChI is InChI=1S/C11H8N2OS2/c1-6-7(2-3-14-6)8-4-10(15)16-11(13)9(8)5-12/h2-4H,13H2,1H3. The van der Waals surface area contributed by atoms with E-state index in [1.807, 2.05) is 13.0 Å². The molecule has 0 atom stereocenters. The molecule has 2 aromatic heterocycles. The molecule has 2 rings (SSSR count). The molecule has 0 radical (unpaired) electrons. The van der Waals surface area contributed by atoms with E-state index in [0.717, 1.165) is 16.9 Å². The molecule has 0 amide bonds. The Hall–Kier alpha value is -1.64.